The molecule has 0 aliphatic rings. The zero-order valence-electron chi connectivity index (χ0n) is 7.82. The van der Waals surface area contributed by atoms with Gasteiger partial charge in [0.05, 0.1) is 17.4 Å². The third-order valence-electron chi connectivity index (χ3n) is 1.99. The molecule has 3 nitrogen and oxygen atoms in total. The van der Waals surface area contributed by atoms with Crippen LogP contribution >= 0.6 is 0 Å². The first-order valence-electron chi connectivity index (χ1n) is 4.18. The molecule has 0 unspecified atom stereocenters. The van der Waals surface area contributed by atoms with Crippen LogP contribution in [0.2, 0.25) is 0 Å². The first kappa shape index (κ1) is 11.7. The molecule has 0 fully saturated rings. The number of halogens is 6. The summed E-state index contributed by atoms with van der Waals surface area (Å²) in [6.07, 6.45) is -9.01. The molecule has 0 aliphatic heterocycles. The second-order valence-electron chi connectivity index (χ2n) is 3.15. The maximum absolute atomic E-state index is 12.5. The molecule has 0 spiro atoms. The van der Waals surface area contributed by atoms with Crippen LogP contribution in [0, 0.1) is 0 Å². The van der Waals surface area contributed by atoms with E-state index in [1.807, 2.05) is 0 Å². The van der Waals surface area contributed by atoms with E-state index in [9.17, 15) is 26.3 Å². The van der Waals surface area contributed by atoms with E-state index in [0.29, 0.717) is 0 Å². The van der Waals surface area contributed by atoms with Gasteiger partial charge in [-0.2, -0.15) is 26.3 Å². The number of pyridine rings is 1. The number of fused-ring (bicyclic) bond motifs is 1. The number of aromatic amines is 1. The molecular weight excluding hydrogens is 252 g/mol. The summed E-state index contributed by atoms with van der Waals surface area (Å²) in [4.78, 5) is 8.43. The highest BCUT2D eigenvalue weighted by Gasteiger charge is 2.39. The topological polar surface area (TPSA) is 41.6 Å². The fourth-order valence-corrected chi connectivity index (χ4v) is 1.29. The van der Waals surface area contributed by atoms with Gasteiger partial charge in [-0.3, -0.25) is 0 Å². The lowest BCUT2D eigenvalue weighted by atomic mass is 10.2. The first-order valence-corrected chi connectivity index (χ1v) is 4.18. The molecular formula is C8H3F6N3. The molecule has 92 valence electrons. The highest BCUT2D eigenvalue weighted by molar-refractivity contribution is 5.75. The van der Waals surface area contributed by atoms with Gasteiger partial charge in [0.25, 0.3) is 0 Å². The predicted molar refractivity (Wildman–Crippen MR) is 43.9 cm³/mol. The molecule has 0 saturated carbocycles. The van der Waals surface area contributed by atoms with Crippen molar-refractivity contribution in [2.24, 2.45) is 0 Å². The zero-order valence-corrected chi connectivity index (χ0v) is 7.82. The van der Waals surface area contributed by atoms with Crippen LogP contribution in [-0.2, 0) is 12.4 Å². The number of H-pyrrole nitrogens is 1. The molecule has 0 bridgehead atoms. The Morgan fingerprint density at radius 2 is 1.65 bits per heavy atom. The van der Waals surface area contributed by atoms with Crippen molar-refractivity contribution in [1.82, 2.24) is 15.0 Å². The van der Waals surface area contributed by atoms with Crippen LogP contribution in [0.1, 0.15) is 11.3 Å². The first-order chi connectivity index (χ1) is 7.69. The van der Waals surface area contributed by atoms with Crippen molar-refractivity contribution in [1.29, 1.82) is 0 Å². The van der Waals surface area contributed by atoms with Gasteiger partial charge in [0.2, 0.25) is 0 Å². The molecule has 0 saturated heterocycles. The van der Waals surface area contributed by atoms with Crippen molar-refractivity contribution in [2.45, 2.75) is 12.4 Å². The smallest absolute Gasteiger partial charge is 0.343 e. The van der Waals surface area contributed by atoms with Crippen molar-refractivity contribution in [2.75, 3.05) is 0 Å². The van der Waals surface area contributed by atoms with E-state index in [0.717, 1.165) is 6.33 Å². The Morgan fingerprint density at radius 1 is 1.00 bits per heavy atom. The minimum absolute atomic E-state index is 0.0412. The molecule has 0 aliphatic carbocycles. The van der Waals surface area contributed by atoms with Gasteiger partial charge in [0, 0.05) is 0 Å². The summed E-state index contributed by atoms with van der Waals surface area (Å²) >= 11 is 0. The molecule has 2 aromatic heterocycles. The monoisotopic (exact) mass is 255 g/mol. The number of nitrogens with zero attached hydrogens (tertiary/aromatic N) is 2. The Morgan fingerprint density at radius 3 is 2.18 bits per heavy atom. The maximum Gasteiger partial charge on any atom is 0.433 e. The second kappa shape index (κ2) is 3.34. The molecule has 17 heavy (non-hydrogen) atoms. The molecule has 9 heteroatoms. The number of nitrogens with one attached hydrogen (secondary N) is 1. The summed E-state index contributed by atoms with van der Waals surface area (Å²) in [5.41, 5.74) is -4.24. The van der Waals surface area contributed by atoms with E-state index in [1.54, 1.807) is 0 Å². The molecule has 1 N–H and O–H groups in total. The number of imidazole rings is 1. The van der Waals surface area contributed by atoms with Gasteiger partial charge >= 0.3 is 12.4 Å². The number of rotatable bonds is 0. The SMILES string of the molecule is FC(F)(F)c1cc(C(F)(F)F)c2[nH]cnc2n1. The van der Waals surface area contributed by atoms with Gasteiger partial charge in [-0.25, -0.2) is 9.97 Å². The highest BCUT2D eigenvalue weighted by Crippen LogP contribution is 2.37. The van der Waals surface area contributed by atoms with Gasteiger partial charge in [-0.05, 0) is 6.07 Å². The standard InChI is InChI=1S/C8H3F6N3/c9-7(10,11)3-1-4(8(12,13)14)17-6-5(3)15-2-16-6/h1-2H,(H,15,16,17). The number of hydrogen-bond donors (Lipinski definition) is 1. The van der Waals surface area contributed by atoms with Crippen LogP contribution in [0.5, 0.6) is 0 Å². The lowest BCUT2D eigenvalue weighted by molar-refractivity contribution is -0.144. The van der Waals surface area contributed by atoms with E-state index in [1.165, 1.54) is 0 Å². The lowest BCUT2D eigenvalue weighted by Gasteiger charge is -2.11. The lowest BCUT2D eigenvalue weighted by Crippen LogP contribution is -2.13. The molecule has 2 rings (SSSR count). The summed E-state index contributed by atoms with van der Waals surface area (Å²) in [6.45, 7) is 0. The third-order valence-corrected chi connectivity index (χ3v) is 1.99. The molecule has 0 aromatic carbocycles. The Labute approximate surface area is 89.5 Å². The zero-order chi connectivity index (χ0) is 12.8. The van der Waals surface area contributed by atoms with Crippen LogP contribution in [0.4, 0.5) is 26.3 Å². The van der Waals surface area contributed by atoms with E-state index >= 15 is 0 Å². The summed E-state index contributed by atoms with van der Waals surface area (Å²) < 4.78 is 74.5. The average molecular weight is 255 g/mol. The van der Waals surface area contributed by atoms with E-state index in [2.05, 4.69) is 15.0 Å². The van der Waals surface area contributed by atoms with Gasteiger partial charge in [0.15, 0.2) is 5.65 Å². The van der Waals surface area contributed by atoms with Crippen molar-refractivity contribution in [3.05, 3.63) is 23.7 Å². The van der Waals surface area contributed by atoms with Crippen LogP contribution in [0.15, 0.2) is 12.4 Å². The number of hydrogen-bond acceptors (Lipinski definition) is 2. The third kappa shape index (κ3) is 2.04. The van der Waals surface area contributed by atoms with Crippen LogP contribution in [0.3, 0.4) is 0 Å². The Bertz CT molecular complexity index is 552. The fraction of sp³-hybridized carbons (Fsp3) is 0.250. The van der Waals surface area contributed by atoms with Gasteiger partial charge in [0.1, 0.15) is 5.69 Å². The summed E-state index contributed by atoms with van der Waals surface area (Å²) in [5, 5.41) is 0. The van der Waals surface area contributed by atoms with Crippen LogP contribution in [0.25, 0.3) is 11.2 Å². The summed E-state index contributed by atoms with van der Waals surface area (Å²) in [5.74, 6) is 0. The molecule has 0 atom stereocenters. The minimum atomic E-state index is -4.95. The van der Waals surface area contributed by atoms with Gasteiger partial charge in [-0.1, -0.05) is 0 Å². The van der Waals surface area contributed by atoms with Crippen LogP contribution < -0.4 is 0 Å². The van der Waals surface area contributed by atoms with Crippen LogP contribution in [-0.4, -0.2) is 15.0 Å². The van der Waals surface area contributed by atoms with Crippen molar-refractivity contribution in [3.8, 4) is 0 Å². The highest BCUT2D eigenvalue weighted by atomic mass is 19.4. The predicted octanol–water partition coefficient (Wildman–Crippen LogP) is 3.00. The Balaban J connectivity index is 2.76. The second-order valence-corrected chi connectivity index (χ2v) is 3.15. The van der Waals surface area contributed by atoms with E-state index in [-0.39, 0.29) is 6.07 Å². The number of alkyl halides is 6. The Kier molecular flexibility index (Phi) is 2.30. The average Bonchev–Trinajstić information content (AvgIpc) is 2.59. The van der Waals surface area contributed by atoms with E-state index in [4.69, 9.17) is 0 Å². The summed E-state index contributed by atoms with van der Waals surface area (Å²) in [7, 11) is 0. The van der Waals surface area contributed by atoms with E-state index < -0.39 is 34.8 Å². The molecule has 2 aromatic rings. The summed E-state index contributed by atoms with van der Waals surface area (Å²) in [6, 6.07) is -0.0412. The van der Waals surface area contributed by atoms with Crippen molar-refractivity contribution in [3.63, 3.8) is 0 Å². The fourth-order valence-electron chi connectivity index (χ4n) is 1.29. The van der Waals surface area contributed by atoms with Gasteiger partial charge < -0.3 is 4.98 Å². The molecule has 0 amide bonds. The Hall–Kier alpha value is -1.80. The largest absolute Gasteiger partial charge is 0.433 e. The quantitative estimate of drug-likeness (QED) is 0.735. The normalized spacial score (nSPS) is 13.3. The maximum atomic E-state index is 12.5. The minimum Gasteiger partial charge on any atom is -0.343 e. The van der Waals surface area contributed by atoms with Gasteiger partial charge in [-0.15, -0.1) is 0 Å². The number of aromatic nitrogens is 3. The van der Waals surface area contributed by atoms with Crippen molar-refractivity contribution < 1.29 is 26.3 Å². The molecule has 0 radical (unpaired) electrons. The molecule has 2 heterocycles. The van der Waals surface area contributed by atoms with Crippen molar-refractivity contribution >= 4 is 11.2 Å².